The monoisotopic (exact) mass is 392 g/mol. The van der Waals surface area contributed by atoms with Gasteiger partial charge in [-0.1, -0.05) is 5.16 Å². The zero-order valence-corrected chi connectivity index (χ0v) is 15.6. The second kappa shape index (κ2) is 7.20. The van der Waals surface area contributed by atoms with E-state index < -0.39 is 15.3 Å². The fourth-order valence-corrected chi connectivity index (χ4v) is 4.49. The van der Waals surface area contributed by atoms with Crippen molar-refractivity contribution >= 4 is 26.8 Å². The van der Waals surface area contributed by atoms with Crippen LogP contribution in [0.4, 0.5) is 5.82 Å². The number of ether oxygens (including phenoxy) is 2. The molecular formula is C17H20N4O5S. The number of hydrogen-bond donors (Lipinski definition) is 1. The third-order valence-corrected chi connectivity index (χ3v) is 6.25. The first-order chi connectivity index (χ1) is 13.1. The summed E-state index contributed by atoms with van der Waals surface area (Å²) >= 11 is 0. The molecule has 0 bridgehead atoms. The molecule has 1 atom stereocenters. The molecular weight excluding hydrogens is 372 g/mol. The van der Waals surface area contributed by atoms with Crippen molar-refractivity contribution in [2.24, 2.45) is 0 Å². The Morgan fingerprint density at radius 3 is 3.00 bits per heavy atom. The van der Waals surface area contributed by atoms with Crippen molar-refractivity contribution in [3.05, 3.63) is 36.2 Å². The summed E-state index contributed by atoms with van der Waals surface area (Å²) in [6.07, 6.45) is 4.82. The van der Waals surface area contributed by atoms with Gasteiger partial charge in [-0.05, 0) is 36.6 Å². The van der Waals surface area contributed by atoms with E-state index in [1.807, 2.05) is 18.3 Å². The third-order valence-electron chi connectivity index (χ3n) is 4.52. The highest BCUT2D eigenvalue weighted by Gasteiger charge is 2.30. The topological polar surface area (TPSA) is 108 Å². The molecule has 1 aliphatic heterocycles. The van der Waals surface area contributed by atoms with Crippen LogP contribution in [0.3, 0.4) is 0 Å². The highest BCUT2D eigenvalue weighted by molar-refractivity contribution is 7.93. The number of nitrogens with zero attached hydrogens (tertiary/aromatic N) is 3. The third kappa shape index (κ3) is 3.62. The van der Waals surface area contributed by atoms with E-state index in [1.165, 1.54) is 7.11 Å². The van der Waals surface area contributed by atoms with E-state index in [-0.39, 0.29) is 12.4 Å². The molecule has 2 aromatic heterocycles. The van der Waals surface area contributed by atoms with Crippen LogP contribution in [0.1, 0.15) is 18.4 Å². The lowest BCUT2D eigenvalue weighted by atomic mass is 10.1. The summed E-state index contributed by atoms with van der Waals surface area (Å²) in [4.78, 5) is 0. The van der Waals surface area contributed by atoms with Crippen LogP contribution in [0.5, 0.6) is 5.75 Å². The van der Waals surface area contributed by atoms with E-state index in [0.717, 1.165) is 5.56 Å². The zero-order valence-electron chi connectivity index (χ0n) is 14.8. The van der Waals surface area contributed by atoms with Crippen LogP contribution in [-0.4, -0.2) is 48.9 Å². The molecule has 0 saturated carbocycles. The van der Waals surface area contributed by atoms with Crippen molar-refractivity contribution in [2.75, 3.05) is 25.0 Å². The van der Waals surface area contributed by atoms with Crippen LogP contribution in [0.2, 0.25) is 0 Å². The average molecular weight is 392 g/mol. The maximum atomic E-state index is 12.6. The lowest BCUT2D eigenvalue weighted by molar-refractivity contribution is 0.0992. The normalized spacial score (nSPS) is 17.9. The van der Waals surface area contributed by atoms with Crippen molar-refractivity contribution < 1.29 is 22.4 Å². The smallest absolute Gasteiger partial charge is 0.239 e. The van der Waals surface area contributed by atoms with Crippen LogP contribution in [-0.2, 0) is 21.3 Å². The van der Waals surface area contributed by atoms with E-state index in [1.54, 1.807) is 16.9 Å². The summed E-state index contributed by atoms with van der Waals surface area (Å²) < 4.78 is 45.7. The Morgan fingerprint density at radius 1 is 1.41 bits per heavy atom. The maximum Gasteiger partial charge on any atom is 0.239 e. The highest BCUT2D eigenvalue weighted by Crippen LogP contribution is 2.34. The minimum absolute atomic E-state index is 0.123. The summed E-state index contributed by atoms with van der Waals surface area (Å²) in [5.74, 6) is 0.603. The van der Waals surface area contributed by atoms with Gasteiger partial charge in [-0.15, -0.1) is 0 Å². The molecule has 1 saturated heterocycles. The molecule has 3 heterocycles. The zero-order chi connectivity index (χ0) is 18.9. The predicted octanol–water partition coefficient (Wildman–Crippen LogP) is 2.00. The number of hydrogen-bond acceptors (Lipinski definition) is 7. The van der Waals surface area contributed by atoms with Crippen molar-refractivity contribution in [1.29, 1.82) is 0 Å². The van der Waals surface area contributed by atoms with Gasteiger partial charge in [0.1, 0.15) is 16.4 Å². The molecule has 1 unspecified atom stereocenters. The lowest BCUT2D eigenvalue weighted by Gasteiger charge is -2.22. The molecule has 27 heavy (non-hydrogen) atoms. The minimum atomic E-state index is -3.64. The van der Waals surface area contributed by atoms with Crippen LogP contribution in [0.15, 0.2) is 35.1 Å². The van der Waals surface area contributed by atoms with Crippen molar-refractivity contribution in [3.8, 4) is 5.75 Å². The highest BCUT2D eigenvalue weighted by atomic mass is 32.2. The predicted molar refractivity (Wildman–Crippen MR) is 98.3 cm³/mol. The van der Waals surface area contributed by atoms with Gasteiger partial charge in [-0.25, -0.2) is 8.42 Å². The second-order valence-corrected chi connectivity index (χ2v) is 8.35. The minimum Gasteiger partial charge on any atom is -0.496 e. The van der Waals surface area contributed by atoms with Gasteiger partial charge >= 0.3 is 0 Å². The molecule has 144 valence electrons. The quantitative estimate of drug-likeness (QED) is 0.683. The number of methoxy groups -OCH3 is 1. The molecule has 1 aromatic carbocycles. The summed E-state index contributed by atoms with van der Waals surface area (Å²) in [7, 11) is -2.12. The Bertz CT molecular complexity index is 1020. The molecule has 0 aliphatic carbocycles. The summed E-state index contributed by atoms with van der Waals surface area (Å²) in [6.45, 7) is 1.29. The standard InChI is InChI=1S/C17H20N4O5S/c1-24-14-8-12(10-21-6-3-5-18-21)9-15-16(14)17(19-26-15)20-27(22,23)13-4-2-7-25-11-13/h3,5-6,8-9,13H,2,4,7,10-11H2,1H3,(H,19,20). The van der Waals surface area contributed by atoms with Crippen molar-refractivity contribution in [1.82, 2.24) is 14.9 Å². The van der Waals surface area contributed by atoms with E-state index in [4.69, 9.17) is 14.0 Å². The van der Waals surface area contributed by atoms with Crippen LogP contribution >= 0.6 is 0 Å². The molecule has 9 nitrogen and oxygen atoms in total. The first-order valence-electron chi connectivity index (χ1n) is 8.60. The van der Waals surface area contributed by atoms with Crippen molar-refractivity contribution in [3.63, 3.8) is 0 Å². The first-order valence-corrected chi connectivity index (χ1v) is 10.1. The number of anilines is 1. The van der Waals surface area contributed by atoms with Gasteiger partial charge < -0.3 is 14.0 Å². The van der Waals surface area contributed by atoms with Gasteiger partial charge in [0, 0.05) is 19.0 Å². The van der Waals surface area contributed by atoms with Crippen LogP contribution < -0.4 is 9.46 Å². The van der Waals surface area contributed by atoms with Gasteiger partial charge in [0.15, 0.2) is 11.4 Å². The fraction of sp³-hybridized carbons (Fsp3) is 0.412. The number of benzene rings is 1. The van der Waals surface area contributed by atoms with Gasteiger partial charge in [0.05, 0.1) is 20.3 Å². The van der Waals surface area contributed by atoms with E-state index in [2.05, 4.69) is 15.0 Å². The SMILES string of the molecule is COc1cc(Cn2cccn2)cc2onc(NS(=O)(=O)C3CCCOC3)c12. The Labute approximate surface area is 156 Å². The number of aromatic nitrogens is 3. The van der Waals surface area contributed by atoms with E-state index in [0.29, 0.717) is 42.7 Å². The van der Waals surface area contributed by atoms with Crippen LogP contribution in [0.25, 0.3) is 11.0 Å². The summed E-state index contributed by atoms with van der Waals surface area (Å²) in [5, 5.41) is 7.97. The van der Waals surface area contributed by atoms with Crippen molar-refractivity contribution in [2.45, 2.75) is 24.6 Å². The van der Waals surface area contributed by atoms with Gasteiger partial charge in [-0.3, -0.25) is 9.40 Å². The molecule has 4 rings (SSSR count). The van der Waals surface area contributed by atoms with E-state index >= 15 is 0 Å². The molecule has 10 heteroatoms. The van der Waals surface area contributed by atoms with Gasteiger partial charge in [0.2, 0.25) is 10.0 Å². The Hall–Kier alpha value is -2.59. The maximum absolute atomic E-state index is 12.6. The molecule has 1 aliphatic rings. The molecule has 1 fully saturated rings. The molecule has 0 amide bonds. The van der Waals surface area contributed by atoms with E-state index in [9.17, 15) is 8.42 Å². The first kappa shape index (κ1) is 17.8. The summed E-state index contributed by atoms with van der Waals surface area (Å²) in [5.41, 5.74) is 1.34. The Morgan fingerprint density at radius 2 is 2.30 bits per heavy atom. The van der Waals surface area contributed by atoms with Gasteiger partial charge in [0.25, 0.3) is 0 Å². The fourth-order valence-electron chi connectivity index (χ4n) is 3.17. The number of nitrogens with one attached hydrogen (secondary N) is 1. The number of sulfonamides is 1. The Balaban J connectivity index is 1.66. The summed E-state index contributed by atoms with van der Waals surface area (Å²) in [6, 6.07) is 5.46. The number of fused-ring (bicyclic) bond motifs is 1. The second-order valence-electron chi connectivity index (χ2n) is 6.39. The Kier molecular flexibility index (Phi) is 4.75. The lowest BCUT2D eigenvalue weighted by Crippen LogP contribution is -2.35. The molecule has 3 aromatic rings. The molecule has 0 radical (unpaired) electrons. The van der Waals surface area contributed by atoms with Crippen LogP contribution in [0, 0.1) is 0 Å². The average Bonchev–Trinajstić information content (AvgIpc) is 3.32. The number of rotatable bonds is 6. The molecule has 0 spiro atoms. The van der Waals surface area contributed by atoms with Gasteiger partial charge in [-0.2, -0.15) is 5.10 Å². The molecule has 1 N–H and O–H groups in total. The largest absolute Gasteiger partial charge is 0.496 e.